The summed E-state index contributed by atoms with van der Waals surface area (Å²) < 4.78 is 0. The van der Waals surface area contributed by atoms with Crippen molar-refractivity contribution >= 4 is 12.0 Å². The topological polar surface area (TPSA) is 82.5 Å². The molecule has 0 saturated carbocycles. The first kappa shape index (κ1) is 15.3. The van der Waals surface area contributed by atoms with Gasteiger partial charge in [0, 0.05) is 32.0 Å². The molecule has 114 valence electrons. The van der Waals surface area contributed by atoms with Crippen LogP contribution in [0.4, 0.5) is 4.79 Å². The van der Waals surface area contributed by atoms with Crippen LogP contribution in [0.15, 0.2) is 18.5 Å². The molecule has 0 spiro atoms. The zero-order chi connectivity index (χ0) is 15.4. The molecule has 2 rings (SSSR count). The Morgan fingerprint density at radius 2 is 2.19 bits per heavy atom. The molecule has 1 aliphatic heterocycles. The summed E-state index contributed by atoms with van der Waals surface area (Å²) in [5.41, 5.74) is 1.97. The molecule has 2 amide bonds. The van der Waals surface area contributed by atoms with Gasteiger partial charge in [-0.2, -0.15) is 0 Å². The number of pyridine rings is 1. The van der Waals surface area contributed by atoms with Crippen molar-refractivity contribution in [3.05, 3.63) is 29.6 Å². The first-order valence-corrected chi connectivity index (χ1v) is 7.12. The second-order valence-corrected chi connectivity index (χ2v) is 5.81. The highest BCUT2D eigenvalue weighted by atomic mass is 16.4. The van der Waals surface area contributed by atoms with E-state index >= 15 is 0 Å². The van der Waals surface area contributed by atoms with E-state index in [-0.39, 0.29) is 18.5 Å². The molecule has 1 aliphatic rings. The molecule has 0 radical (unpaired) electrons. The lowest BCUT2D eigenvalue weighted by Crippen LogP contribution is -2.49. The van der Waals surface area contributed by atoms with Crippen LogP contribution in [-0.4, -0.2) is 40.1 Å². The number of carboxylic acid groups (broad SMARTS) is 1. The minimum Gasteiger partial charge on any atom is -0.481 e. The van der Waals surface area contributed by atoms with Gasteiger partial charge in [0.05, 0.1) is 5.92 Å². The van der Waals surface area contributed by atoms with Crippen molar-refractivity contribution in [2.75, 3.05) is 13.1 Å². The smallest absolute Gasteiger partial charge is 0.317 e. The number of carboxylic acids is 1. The van der Waals surface area contributed by atoms with Crippen molar-refractivity contribution in [2.45, 2.75) is 26.8 Å². The number of likely N-dealkylation sites (tertiary alicyclic amines) is 1. The third-order valence-corrected chi connectivity index (χ3v) is 3.67. The number of aryl methyl sites for hydroxylation is 1. The summed E-state index contributed by atoms with van der Waals surface area (Å²) in [4.78, 5) is 29.0. The number of aromatic nitrogens is 1. The van der Waals surface area contributed by atoms with Gasteiger partial charge in [0.25, 0.3) is 0 Å². The summed E-state index contributed by atoms with van der Waals surface area (Å²) >= 11 is 0. The van der Waals surface area contributed by atoms with Gasteiger partial charge in [-0.3, -0.25) is 9.78 Å². The van der Waals surface area contributed by atoms with Crippen LogP contribution in [0.5, 0.6) is 0 Å². The molecule has 1 aromatic heterocycles. The molecule has 1 saturated heterocycles. The fourth-order valence-corrected chi connectivity index (χ4v) is 2.70. The fourth-order valence-electron chi connectivity index (χ4n) is 2.70. The van der Waals surface area contributed by atoms with Crippen LogP contribution in [0, 0.1) is 18.8 Å². The number of aliphatic carboxylic acids is 1. The highest BCUT2D eigenvalue weighted by molar-refractivity contribution is 5.76. The first-order chi connectivity index (χ1) is 9.95. The first-order valence-electron chi connectivity index (χ1n) is 7.12. The number of carbonyl (C=O) groups excluding carboxylic acids is 1. The Balaban J connectivity index is 1.92. The number of carbonyl (C=O) groups is 2. The fraction of sp³-hybridized carbons (Fsp3) is 0.533. The predicted octanol–water partition coefficient (Wildman–Crippen LogP) is 1.64. The number of urea groups is 1. The molecule has 6 heteroatoms. The number of nitrogens with one attached hydrogen (secondary N) is 1. The standard InChI is InChI=1S/C15H21N3O3/c1-10-3-12(6-16-5-10)7-17-15(21)18-8-11(2)4-13(9-18)14(19)20/h3,5-6,11,13H,4,7-9H2,1-2H3,(H,17,21)(H,19,20). The van der Waals surface area contributed by atoms with E-state index in [9.17, 15) is 9.59 Å². The Bertz CT molecular complexity index is 533. The number of amides is 2. The average Bonchev–Trinajstić information content (AvgIpc) is 2.44. The van der Waals surface area contributed by atoms with Crippen molar-refractivity contribution in [1.29, 1.82) is 0 Å². The minimum absolute atomic E-state index is 0.200. The largest absolute Gasteiger partial charge is 0.481 e. The summed E-state index contributed by atoms with van der Waals surface area (Å²) in [6.45, 7) is 5.19. The van der Waals surface area contributed by atoms with Crippen LogP contribution < -0.4 is 5.32 Å². The summed E-state index contributed by atoms with van der Waals surface area (Å²) in [6.07, 6.45) is 4.10. The van der Waals surface area contributed by atoms with E-state index in [0.717, 1.165) is 11.1 Å². The van der Waals surface area contributed by atoms with Crippen LogP contribution in [0.3, 0.4) is 0 Å². The normalized spacial score (nSPS) is 21.9. The van der Waals surface area contributed by atoms with Crippen molar-refractivity contribution in [1.82, 2.24) is 15.2 Å². The third-order valence-electron chi connectivity index (χ3n) is 3.67. The maximum atomic E-state index is 12.2. The van der Waals surface area contributed by atoms with Crippen LogP contribution in [-0.2, 0) is 11.3 Å². The third kappa shape index (κ3) is 4.18. The van der Waals surface area contributed by atoms with Crippen LogP contribution in [0.25, 0.3) is 0 Å². The second-order valence-electron chi connectivity index (χ2n) is 5.81. The van der Waals surface area contributed by atoms with Crippen LogP contribution in [0.2, 0.25) is 0 Å². The molecule has 1 fully saturated rings. The molecule has 1 aromatic rings. The van der Waals surface area contributed by atoms with Gasteiger partial charge < -0.3 is 15.3 Å². The SMILES string of the molecule is Cc1cncc(CNC(=O)N2CC(C)CC(C(=O)O)C2)c1. The van der Waals surface area contributed by atoms with E-state index < -0.39 is 11.9 Å². The number of hydrogen-bond donors (Lipinski definition) is 2. The predicted molar refractivity (Wildman–Crippen MR) is 77.7 cm³/mol. The molecular formula is C15H21N3O3. The second kappa shape index (κ2) is 6.56. The molecule has 0 aromatic carbocycles. The van der Waals surface area contributed by atoms with Gasteiger partial charge in [0.2, 0.25) is 0 Å². The minimum atomic E-state index is -0.831. The van der Waals surface area contributed by atoms with Crippen LogP contribution >= 0.6 is 0 Å². The summed E-state index contributed by atoms with van der Waals surface area (Å²) in [5, 5.41) is 12.0. The highest BCUT2D eigenvalue weighted by Gasteiger charge is 2.31. The molecule has 6 nitrogen and oxygen atoms in total. The molecule has 2 N–H and O–H groups in total. The van der Waals surface area contributed by atoms with Crippen LogP contribution in [0.1, 0.15) is 24.5 Å². The lowest BCUT2D eigenvalue weighted by Gasteiger charge is -2.34. The van der Waals surface area contributed by atoms with Crippen molar-refractivity contribution in [3.8, 4) is 0 Å². The lowest BCUT2D eigenvalue weighted by atomic mass is 9.91. The van der Waals surface area contributed by atoms with E-state index in [1.165, 1.54) is 0 Å². The van der Waals surface area contributed by atoms with Gasteiger partial charge in [0.15, 0.2) is 0 Å². The van der Waals surface area contributed by atoms with Gasteiger partial charge in [-0.05, 0) is 30.4 Å². The zero-order valence-corrected chi connectivity index (χ0v) is 12.4. The lowest BCUT2D eigenvalue weighted by molar-refractivity contribution is -0.143. The van der Waals surface area contributed by atoms with Gasteiger partial charge in [-0.15, -0.1) is 0 Å². The number of hydrogen-bond acceptors (Lipinski definition) is 3. The van der Waals surface area contributed by atoms with Crippen molar-refractivity contribution < 1.29 is 14.7 Å². The molecule has 2 heterocycles. The highest BCUT2D eigenvalue weighted by Crippen LogP contribution is 2.21. The summed E-state index contributed by atoms with van der Waals surface area (Å²) in [6, 6.07) is 1.75. The molecule has 2 unspecified atom stereocenters. The Labute approximate surface area is 124 Å². The van der Waals surface area contributed by atoms with Gasteiger partial charge >= 0.3 is 12.0 Å². The van der Waals surface area contributed by atoms with Crippen molar-refractivity contribution in [2.24, 2.45) is 11.8 Å². The Hall–Kier alpha value is -2.11. The maximum absolute atomic E-state index is 12.2. The summed E-state index contributed by atoms with van der Waals surface area (Å²) in [7, 11) is 0. The van der Waals surface area contributed by atoms with E-state index in [2.05, 4.69) is 10.3 Å². The number of rotatable bonds is 3. The van der Waals surface area contributed by atoms with E-state index in [4.69, 9.17) is 5.11 Å². The monoisotopic (exact) mass is 291 g/mol. The number of piperidine rings is 1. The number of nitrogens with zero attached hydrogens (tertiary/aromatic N) is 2. The van der Waals surface area contributed by atoms with Gasteiger partial charge in [-0.25, -0.2) is 4.79 Å². The average molecular weight is 291 g/mol. The molecule has 21 heavy (non-hydrogen) atoms. The van der Waals surface area contributed by atoms with E-state index in [0.29, 0.717) is 19.5 Å². The molecule has 0 bridgehead atoms. The van der Waals surface area contributed by atoms with Gasteiger partial charge in [-0.1, -0.05) is 13.0 Å². The Morgan fingerprint density at radius 3 is 2.86 bits per heavy atom. The molecule has 2 atom stereocenters. The van der Waals surface area contributed by atoms with Crippen molar-refractivity contribution in [3.63, 3.8) is 0 Å². The quantitative estimate of drug-likeness (QED) is 0.887. The zero-order valence-electron chi connectivity index (χ0n) is 12.4. The molecule has 0 aliphatic carbocycles. The Kier molecular flexibility index (Phi) is 4.77. The Morgan fingerprint density at radius 1 is 1.43 bits per heavy atom. The van der Waals surface area contributed by atoms with Gasteiger partial charge in [0.1, 0.15) is 0 Å². The van der Waals surface area contributed by atoms with E-state index in [1.54, 1.807) is 17.3 Å². The summed E-state index contributed by atoms with van der Waals surface area (Å²) in [5.74, 6) is -1.10. The molecular weight excluding hydrogens is 270 g/mol. The van der Waals surface area contributed by atoms with E-state index in [1.807, 2.05) is 19.9 Å². The maximum Gasteiger partial charge on any atom is 0.317 e.